The molecule has 0 aliphatic heterocycles. The van der Waals surface area contributed by atoms with E-state index in [9.17, 15) is 4.79 Å². The molecule has 4 nitrogen and oxygen atoms in total. The van der Waals surface area contributed by atoms with Gasteiger partial charge in [0.05, 0.1) is 17.9 Å². The van der Waals surface area contributed by atoms with Crippen LogP contribution in [0.4, 0.5) is 17.1 Å². The van der Waals surface area contributed by atoms with Gasteiger partial charge in [0.2, 0.25) is 0 Å². The van der Waals surface area contributed by atoms with Crippen LogP contribution < -0.4 is 11.1 Å². The number of carbonyl (C=O) groups is 1. The SMILES string of the molecule is CCOC(=O)c1cc(N)ccc1Nc1ccc(Cl)cc1C. The molecule has 110 valence electrons. The van der Waals surface area contributed by atoms with E-state index < -0.39 is 5.97 Å². The summed E-state index contributed by atoms with van der Waals surface area (Å²) in [6, 6.07) is 10.6. The van der Waals surface area contributed by atoms with Crippen LogP contribution in [0.5, 0.6) is 0 Å². The molecule has 0 fully saturated rings. The predicted molar refractivity (Wildman–Crippen MR) is 86.3 cm³/mol. The minimum Gasteiger partial charge on any atom is -0.462 e. The maximum absolute atomic E-state index is 12.0. The van der Waals surface area contributed by atoms with Crippen LogP contribution in [0.25, 0.3) is 0 Å². The Kier molecular flexibility index (Phi) is 4.70. The lowest BCUT2D eigenvalue weighted by Gasteiger charge is -2.14. The number of benzene rings is 2. The van der Waals surface area contributed by atoms with Gasteiger partial charge < -0.3 is 15.8 Å². The van der Waals surface area contributed by atoms with Crippen molar-refractivity contribution in [2.75, 3.05) is 17.7 Å². The van der Waals surface area contributed by atoms with E-state index in [1.807, 2.05) is 19.1 Å². The van der Waals surface area contributed by atoms with E-state index in [0.29, 0.717) is 28.6 Å². The number of ether oxygens (including phenoxy) is 1. The molecule has 5 heteroatoms. The fourth-order valence-electron chi connectivity index (χ4n) is 1.96. The average Bonchev–Trinajstić information content (AvgIpc) is 2.43. The number of halogens is 1. The standard InChI is InChI=1S/C16H17ClN2O2/c1-3-21-16(20)13-9-12(18)5-7-15(13)19-14-6-4-11(17)8-10(14)2/h4-9,19H,3,18H2,1-2H3. The third-order valence-electron chi connectivity index (χ3n) is 3.00. The van der Waals surface area contributed by atoms with Gasteiger partial charge in [-0.05, 0) is 55.8 Å². The maximum atomic E-state index is 12.0. The Morgan fingerprint density at radius 2 is 1.95 bits per heavy atom. The van der Waals surface area contributed by atoms with E-state index in [4.69, 9.17) is 22.1 Å². The quantitative estimate of drug-likeness (QED) is 0.658. The van der Waals surface area contributed by atoms with Gasteiger partial charge >= 0.3 is 5.97 Å². The van der Waals surface area contributed by atoms with E-state index in [1.54, 1.807) is 31.2 Å². The minimum atomic E-state index is -0.404. The van der Waals surface area contributed by atoms with Crippen molar-refractivity contribution in [1.29, 1.82) is 0 Å². The van der Waals surface area contributed by atoms with Gasteiger partial charge in [-0.1, -0.05) is 11.6 Å². The molecule has 0 atom stereocenters. The van der Waals surface area contributed by atoms with Gasteiger partial charge in [-0.2, -0.15) is 0 Å². The summed E-state index contributed by atoms with van der Waals surface area (Å²) in [6.07, 6.45) is 0. The second-order valence-corrected chi connectivity index (χ2v) is 5.05. The Morgan fingerprint density at radius 3 is 2.62 bits per heavy atom. The zero-order valence-corrected chi connectivity index (χ0v) is 12.7. The largest absolute Gasteiger partial charge is 0.462 e. The Balaban J connectivity index is 2.37. The number of aryl methyl sites for hydroxylation is 1. The van der Waals surface area contributed by atoms with Crippen LogP contribution >= 0.6 is 11.6 Å². The maximum Gasteiger partial charge on any atom is 0.340 e. The van der Waals surface area contributed by atoms with Crippen LogP contribution in [0, 0.1) is 6.92 Å². The van der Waals surface area contributed by atoms with Gasteiger partial charge in [0.25, 0.3) is 0 Å². The van der Waals surface area contributed by atoms with E-state index in [1.165, 1.54) is 0 Å². The fourth-order valence-corrected chi connectivity index (χ4v) is 2.19. The number of nitrogen functional groups attached to an aromatic ring is 1. The number of esters is 1. The van der Waals surface area contributed by atoms with Crippen molar-refractivity contribution in [2.45, 2.75) is 13.8 Å². The second-order valence-electron chi connectivity index (χ2n) is 4.61. The fraction of sp³-hybridized carbons (Fsp3) is 0.188. The van der Waals surface area contributed by atoms with E-state index in [2.05, 4.69) is 5.32 Å². The Labute approximate surface area is 128 Å². The van der Waals surface area contributed by atoms with Crippen LogP contribution in [0.15, 0.2) is 36.4 Å². The third kappa shape index (κ3) is 3.67. The van der Waals surface area contributed by atoms with Crippen LogP contribution in [0.2, 0.25) is 5.02 Å². The first-order valence-corrected chi connectivity index (χ1v) is 6.99. The first-order valence-electron chi connectivity index (χ1n) is 6.61. The number of anilines is 3. The lowest BCUT2D eigenvalue weighted by Crippen LogP contribution is -2.09. The normalized spacial score (nSPS) is 10.2. The summed E-state index contributed by atoms with van der Waals surface area (Å²) in [4.78, 5) is 12.0. The molecule has 21 heavy (non-hydrogen) atoms. The number of hydrogen-bond donors (Lipinski definition) is 2. The molecule has 0 amide bonds. The molecule has 2 rings (SSSR count). The summed E-state index contributed by atoms with van der Waals surface area (Å²) < 4.78 is 5.06. The van der Waals surface area contributed by atoms with Gasteiger partial charge in [0.1, 0.15) is 0 Å². The highest BCUT2D eigenvalue weighted by Crippen LogP contribution is 2.27. The van der Waals surface area contributed by atoms with E-state index in [0.717, 1.165) is 11.3 Å². The molecule has 0 aliphatic rings. The van der Waals surface area contributed by atoms with Crippen molar-refractivity contribution < 1.29 is 9.53 Å². The van der Waals surface area contributed by atoms with Gasteiger partial charge in [-0.25, -0.2) is 4.79 Å². The highest BCUT2D eigenvalue weighted by Gasteiger charge is 2.14. The number of nitrogens with one attached hydrogen (secondary N) is 1. The highest BCUT2D eigenvalue weighted by atomic mass is 35.5. The van der Waals surface area contributed by atoms with Gasteiger partial charge in [0, 0.05) is 16.4 Å². The van der Waals surface area contributed by atoms with Crippen molar-refractivity contribution in [3.05, 3.63) is 52.5 Å². The lowest BCUT2D eigenvalue weighted by atomic mass is 10.1. The first kappa shape index (κ1) is 15.2. The van der Waals surface area contributed by atoms with Crippen molar-refractivity contribution in [3.63, 3.8) is 0 Å². The minimum absolute atomic E-state index is 0.313. The van der Waals surface area contributed by atoms with E-state index in [-0.39, 0.29) is 0 Å². The molecular weight excluding hydrogens is 288 g/mol. The monoisotopic (exact) mass is 304 g/mol. The molecule has 0 aromatic heterocycles. The molecule has 0 spiro atoms. The van der Waals surface area contributed by atoms with Crippen LogP contribution in [-0.2, 0) is 4.74 Å². The Morgan fingerprint density at radius 1 is 1.24 bits per heavy atom. The molecule has 0 bridgehead atoms. The molecule has 2 aromatic rings. The Bertz CT molecular complexity index is 671. The van der Waals surface area contributed by atoms with Crippen molar-refractivity contribution in [3.8, 4) is 0 Å². The Hall–Kier alpha value is -2.20. The second kappa shape index (κ2) is 6.50. The van der Waals surface area contributed by atoms with Crippen LogP contribution in [-0.4, -0.2) is 12.6 Å². The van der Waals surface area contributed by atoms with Crippen LogP contribution in [0.1, 0.15) is 22.8 Å². The zero-order valence-electron chi connectivity index (χ0n) is 11.9. The van der Waals surface area contributed by atoms with Crippen molar-refractivity contribution >= 4 is 34.6 Å². The molecule has 0 heterocycles. The van der Waals surface area contributed by atoms with Gasteiger partial charge in [-0.3, -0.25) is 0 Å². The smallest absolute Gasteiger partial charge is 0.340 e. The van der Waals surface area contributed by atoms with Gasteiger partial charge in [0.15, 0.2) is 0 Å². The topological polar surface area (TPSA) is 64.3 Å². The van der Waals surface area contributed by atoms with E-state index >= 15 is 0 Å². The van der Waals surface area contributed by atoms with Crippen molar-refractivity contribution in [1.82, 2.24) is 0 Å². The molecule has 2 aromatic carbocycles. The number of rotatable bonds is 4. The predicted octanol–water partition coefficient (Wildman–Crippen LogP) is 4.15. The molecule has 0 aliphatic carbocycles. The average molecular weight is 305 g/mol. The number of carbonyl (C=O) groups excluding carboxylic acids is 1. The summed E-state index contributed by atoms with van der Waals surface area (Å²) in [5.41, 5.74) is 9.17. The molecule has 0 saturated heterocycles. The summed E-state index contributed by atoms with van der Waals surface area (Å²) >= 11 is 5.95. The summed E-state index contributed by atoms with van der Waals surface area (Å²) in [7, 11) is 0. The summed E-state index contributed by atoms with van der Waals surface area (Å²) in [5.74, 6) is -0.404. The number of nitrogens with two attached hydrogens (primary N) is 1. The van der Waals surface area contributed by atoms with Gasteiger partial charge in [-0.15, -0.1) is 0 Å². The lowest BCUT2D eigenvalue weighted by molar-refractivity contribution is 0.0527. The summed E-state index contributed by atoms with van der Waals surface area (Å²) in [5, 5.41) is 3.89. The van der Waals surface area contributed by atoms with Crippen LogP contribution in [0.3, 0.4) is 0 Å². The molecule has 0 saturated carbocycles. The molecular formula is C16H17ClN2O2. The third-order valence-corrected chi connectivity index (χ3v) is 3.23. The number of hydrogen-bond acceptors (Lipinski definition) is 4. The first-order chi connectivity index (χ1) is 10.0. The molecule has 0 unspecified atom stereocenters. The summed E-state index contributed by atoms with van der Waals surface area (Å²) in [6.45, 7) is 4.02. The molecule has 3 N–H and O–H groups in total. The highest BCUT2D eigenvalue weighted by molar-refractivity contribution is 6.30. The zero-order chi connectivity index (χ0) is 15.4. The van der Waals surface area contributed by atoms with Crippen molar-refractivity contribution in [2.24, 2.45) is 0 Å². The molecule has 0 radical (unpaired) electrons.